The molecule has 1 aliphatic rings. The highest BCUT2D eigenvalue weighted by Gasteiger charge is 2.33. The number of carbonyl (C=O) groups excluding carboxylic acids is 2. The Kier molecular flexibility index (Phi) is 7.53. The van der Waals surface area contributed by atoms with Gasteiger partial charge in [0.05, 0.1) is 7.11 Å². The van der Waals surface area contributed by atoms with Crippen molar-refractivity contribution in [1.82, 2.24) is 10.2 Å². The van der Waals surface area contributed by atoms with Crippen LogP contribution in [0.4, 0.5) is 10.5 Å². The van der Waals surface area contributed by atoms with Gasteiger partial charge in [0.1, 0.15) is 11.8 Å². The lowest BCUT2D eigenvalue weighted by Gasteiger charge is -2.24. The standard InChI is InChI=1S/C18H27N3O4/c1-3-25-13-5-11-19-17(22)16-6-4-12-21(16)18(23)20-14-7-9-15(24-2)10-8-14/h7-10,16H,3-6,11-13H2,1-2H3,(H,19,22)(H,20,23)/t16-/m1/s1. The number of likely N-dealkylation sites (tertiary alicyclic amines) is 1. The number of carbonyl (C=O) groups is 2. The summed E-state index contributed by atoms with van der Waals surface area (Å²) in [5.74, 6) is 0.627. The van der Waals surface area contributed by atoms with Gasteiger partial charge in [-0.15, -0.1) is 0 Å². The number of hydrogen-bond acceptors (Lipinski definition) is 4. The van der Waals surface area contributed by atoms with E-state index in [0.29, 0.717) is 38.4 Å². The maximum Gasteiger partial charge on any atom is 0.322 e. The molecule has 2 rings (SSSR count). The number of nitrogens with one attached hydrogen (secondary N) is 2. The molecule has 0 aromatic heterocycles. The van der Waals surface area contributed by atoms with Crippen molar-refractivity contribution in [2.75, 3.05) is 38.7 Å². The van der Waals surface area contributed by atoms with Crippen LogP contribution >= 0.6 is 0 Å². The van der Waals surface area contributed by atoms with Gasteiger partial charge in [0.25, 0.3) is 0 Å². The second kappa shape index (κ2) is 9.88. The van der Waals surface area contributed by atoms with Gasteiger partial charge in [0.15, 0.2) is 0 Å². The van der Waals surface area contributed by atoms with Crippen LogP contribution < -0.4 is 15.4 Å². The molecule has 1 aromatic rings. The van der Waals surface area contributed by atoms with E-state index in [-0.39, 0.29) is 11.9 Å². The molecule has 1 aromatic carbocycles. The normalized spacial score (nSPS) is 16.6. The molecule has 1 heterocycles. The first-order chi connectivity index (χ1) is 12.2. The fourth-order valence-electron chi connectivity index (χ4n) is 2.80. The largest absolute Gasteiger partial charge is 0.497 e. The minimum Gasteiger partial charge on any atom is -0.497 e. The van der Waals surface area contributed by atoms with Crippen molar-refractivity contribution in [2.45, 2.75) is 32.2 Å². The van der Waals surface area contributed by atoms with Crippen LogP contribution in [0, 0.1) is 0 Å². The van der Waals surface area contributed by atoms with E-state index in [1.54, 1.807) is 36.3 Å². The van der Waals surface area contributed by atoms with Crippen LogP contribution in [0.2, 0.25) is 0 Å². The Balaban J connectivity index is 1.84. The summed E-state index contributed by atoms with van der Waals surface area (Å²) in [7, 11) is 1.59. The molecule has 3 amide bonds. The van der Waals surface area contributed by atoms with Gasteiger partial charge in [-0.05, 0) is 50.5 Å². The zero-order chi connectivity index (χ0) is 18.1. The summed E-state index contributed by atoms with van der Waals surface area (Å²) in [6, 6.07) is 6.44. The summed E-state index contributed by atoms with van der Waals surface area (Å²) < 4.78 is 10.3. The van der Waals surface area contributed by atoms with Crippen LogP contribution in [-0.2, 0) is 9.53 Å². The Morgan fingerprint density at radius 3 is 2.72 bits per heavy atom. The Morgan fingerprint density at radius 1 is 1.28 bits per heavy atom. The predicted octanol–water partition coefficient (Wildman–Crippen LogP) is 2.23. The average molecular weight is 349 g/mol. The third-order valence-electron chi connectivity index (χ3n) is 4.13. The van der Waals surface area contributed by atoms with E-state index in [1.807, 2.05) is 6.92 Å². The van der Waals surface area contributed by atoms with E-state index in [4.69, 9.17) is 9.47 Å². The number of hydrogen-bond donors (Lipinski definition) is 2. The molecule has 7 heteroatoms. The first-order valence-corrected chi connectivity index (χ1v) is 8.72. The van der Waals surface area contributed by atoms with E-state index in [9.17, 15) is 9.59 Å². The molecule has 0 aliphatic carbocycles. The monoisotopic (exact) mass is 349 g/mol. The van der Waals surface area contributed by atoms with Crippen molar-refractivity contribution in [2.24, 2.45) is 0 Å². The Bertz CT molecular complexity index is 562. The Labute approximate surface area is 148 Å². The van der Waals surface area contributed by atoms with Crippen LogP contribution in [0.5, 0.6) is 5.75 Å². The number of benzene rings is 1. The van der Waals surface area contributed by atoms with Crippen LogP contribution in [-0.4, -0.2) is 56.3 Å². The number of methoxy groups -OCH3 is 1. The molecule has 0 radical (unpaired) electrons. The molecule has 0 saturated carbocycles. The SMILES string of the molecule is CCOCCCNC(=O)[C@H]1CCCN1C(=O)Nc1ccc(OC)cc1. The Morgan fingerprint density at radius 2 is 2.04 bits per heavy atom. The fraction of sp³-hybridized carbons (Fsp3) is 0.556. The van der Waals surface area contributed by atoms with Crippen LogP contribution in [0.25, 0.3) is 0 Å². The summed E-state index contributed by atoms with van der Waals surface area (Å²) in [6.07, 6.45) is 2.28. The lowest BCUT2D eigenvalue weighted by atomic mass is 10.2. The molecule has 25 heavy (non-hydrogen) atoms. The molecular weight excluding hydrogens is 322 g/mol. The maximum atomic E-state index is 12.5. The maximum absolute atomic E-state index is 12.5. The Hall–Kier alpha value is -2.28. The quantitative estimate of drug-likeness (QED) is 0.706. The molecule has 1 atom stereocenters. The summed E-state index contributed by atoms with van der Waals surface area (Å²) >= 11 is 0. The minimum atomic E-state index is -0.412. The second-order valence-corrected chi connectivity index (χ2v) is 5.85. The third kappa shape index (κ3) is 5.63. The van der Waals surface area contributed by atoms with E-state index in [2.05, 4.69) is 10.6 Å². The van der Waals surface area contributed by atoms with Crippen molar-refractivity contribution < 1.29 is 19.1 Å². The first-order valence-electron chi connectivity index (χ1n) is 8.72. The van der Waals surface area contributed by atoms with Crippen molar-refractivity contribution in [3.05, 3.63) is 24.3 Å². The second-order valence-electron chi connectivity index (χ2n) is 5.85. The number of rotatable bonds is 8. The molecule has 1 fully saturated rings. The first kappa shape index (κ1) is 19.1. The van der Waals surface area contributed by atoms with Gasteiger partial charge in [-0.1, -0.05) is 0 Å². The number of amides is 3. The highest BCUT2D eigenvalue weighted by Crippen LogP contribution is 2.20. The molecule has 0 bridgehead atoms. The minimum absolute atomic E-state index is 0.0983. The van der Waals surface area contributed by atoms with Crippen LogP contribution in [0.15, 0.2) is 24.3 Å². The van der Waals surface area contributed by atoms with Gasteiger partial charge in [-0.3, -0.25) is 4.79 Å². The van der Waals surface area contributed by atoms with E-state index >= 15 is 0 Å². The smallest absolute Gasteiger partial charge is 0.322 e. The van der Waals surface area contributed by atoms with Crippen molar-refractivity contribution >= 4 is 17.6 Å². The van der Waals surface area contributed by atoms with Crippen LogP contribution in [0.3, 0.4) is 0 Å². The van der Waals surface area contributed by atoms with Gasteiger partial charge in [0.2, 0.25) is 5.91 Å². The lowest BCUT2D eigenvalue weighted by molar-refractivity contribution is -0.124. The molecule has 0 unspecified atom stereocenters. The number of urea groups is 1. The molecule has 1 saturated heterocycles. The van der Waals surface area contributed by atoms with Gasteiger partial charge in [-0.25, -0.2) is 4.79 Å². The van der Waals surface area contributed by atoms with Crippen LogP contribution in [0.1, 0.15) is 26.2 Å². The van der Waals surface area contributed by atoms with Gasteiger partial charge >= 0.3 is 6.03 Å². The van der Waals surface area contributed by atoms with Crippen molar-refractivity contribution in [1.29, 1.82) is 0 Å². The number of anilines is 1. The molecule has 1 aliphatic heterocycles. The van der Waals surface area contributed by atoms with E-state index in [0.717, 1.165) is 18.6 Å². The lowest BCUT2D eigenvalue weighted by Crippen LogP contribution is -2.47. The summed E-state index contributed by atoms with van der Waals surface area (Å²) in [5.41, 5.74) is 0.675. The third-order valence-corrected chi connectivity index (χ3v) is 4.13. The fourth-order valence-corrected chi connectivity index (χ4v) is 2.80. The van der Waals surface area contributed by atoms with Crippen molar-refractivity contribution in [3.63, 3.8) is 0 Å². The molecular formula is C18H27N3O4. The summed E-state index contributed by atoms with van der Waals surface area (Å²) in [4.78, 5) is 26.4. The van der Waals surface area contributed by atoms with E-state index in [1.165, 1.54) is 0 Å². The molecule has 7 nitrogen and oxygen atoms in total. The highest BCUT2D eigenvalue weighted by molar-refractivity contribution is 5.94. The number of ether oxygens (including phenoxy) is 2. The zero-order valence-electron chi connectivity index (χ0n) is 14.9. The molecule has 138 valence electrons. The van der Waals surface area contributed by atoms with E-state index < -0.39 is 6.04 Å². The zero-order valence-corrected chi connectivity index (χ0v) is 14.9. The van der Waals surface area contributed by atoms with Gasteiger partial charge < -0.3 is 25.0 Å². The summed E-state index contributed by atoms with van der Waals surface area (Å²) in [6.45, 7) is 4.39. The summed E-state index contributed by atoms with van der Waals surface area (Å²) in [5, 5.41) is 5.73. The van der Waals surface area contributed by atoms with Crippen molar-refractivity contribution in [3.8, 4) is 5.75 Å². The predicted molar refractivity (Wildman–Crippen MR) is 95.9 cm³/mol. The average Bonchev–Trinajstić information content (AvgIpc) is 3.12. The molecule has 0 spiro atoms. The topological polar surface area (TPSA) is 79.9 Å². The highest BCUT2D eigenvalue weighted by atomic mass is 16.5. The molecule has 2 N–H and O–H groups in total. The van der Waals surface area contributed by atoms with Gasteiger partial charge in [-0.2, -0.15) is 0 Å². The van der Waals surface area contributed by atoms with Gasteiger partial charge in [0, 0.05) is 32.0 Å². The number of nitrogens with zero attached hydrogens (tertiary/aromatic N) is 1.